The number of sulfonamides is 1. The summed E-state index contributed by atoms with van der Waals surface area (Å²) in [7, 11) is -3.46. The van der Waals surface area contributed by atoms with E-state index in [-0.39, 0.29) is 24.6 Å². The van der Waals surface area contributed by atoms with Gasteiger partial charge in [-0.05, 0) is 37.0 Å². The van der Waals surface area contributed by atoms with Crippen LogP contribution in [0.2, 0.25) is 5.02 Å². The molecule has 0 aromatic heterocycles. The predicted molar refractivity (Wildman–Crippen MR) is 85.4 cm³/mol. The van der Waals surface area contributed by atoms with Crippen LogP contribution in [0.1, 0.15) is 43.7 Å². The number of hydrogen-bond donors (Lipinski definition) is 1. The van der Waals surface area contributed by atoms with Crippen molar-refractivity contribution in [3.05, 3.63) is 34.9 Å². The van der Waals surface area contributed by atoms with Gasteiger partial charge >= 0.3 is 5.97 Å². The van der Waals surface area contributed by atoms with E-state index in [1.54, 1.807) is 12.1 Å². The van der Waals surface area contributed by atoms with Crippen molar-refractivity contribution in [2.24, 2.45) is 0 Å². The van der Waals surface area contributed by atoms with Crippen molar-refractivity contribution in [2.75, 3.05) is 12.3 Å². The zero-order valence-corrected chi connectivity index (χ0v) is 13.8. The molecular weight excluding hydrogens is 326 g/mol. The quantitative estimate of drug-likeness (QED) is 0.859. The lowest BCUT2D eigenvalue weighted by Gasteiger charge is -2.35. The van der Waals surface area contributed by atoms with E-state index in [4.69, 9.17) is 16.7 Å². The van der Waals surface area contributed by atoms with Crippen LogP contribution in [0.25, 0.3) is 0 Å². The summed E-state index contributed by atoms with van der Waals surface area (Å²) >= 11 is 6.01. The molecule has 1 saturated heterocycles. The van der Waals surface area contributed by atoms with Crippen molar-refractivity contribution in [3.63, 3.8) is 0 Å². The van der Waals surface area contributed by atoms with Crippen molar-refractivity contribution in [2.45, 2.75) is 38.1 Å². The number of halogens is 1. The molecule has 1 fully saturated rings. The standard InChI is InChI=1S/C15H20ClNO4S/c16-13-6-3-5-12(11-13)14-7-1-2-9-17(14)22(20,21)10-4-8-15(18)19/h3,5-6,11,14H,1-2,4,7-10H2,(H,18,19). The minimum absolute atomic E-state index is 0.129. The van der Waals surface area contributed by atoms with Crippen LogP contribution in [0, 0.1) is 0 Å². The van der Waals surface area contributed by atoms with Gasteiger partial charge in [-0.25, -0.2) is 8.42 Å². The molecule has 0 spiro atoms. The molecule has 7 heteroatoms. The highest BCUT2D eigenvalue weighted by Gasteiger charge is 2.32. The molecule has 5 nitrogen and oxygen atoms in total. The molecular formula is C15H20ClNO4S. The molecule has 0 saturated carbocycles. The Labute approximate surface area is 135 Å². The van der Waals surface area contributed by atoms with E-state index >= 15 is 0 Å². The molecule has 1 aromatic rings. The van der Waals surface area contributed by atoms with Crippen LogP contribution in [0.5, 0.6) is 0 Å². The number of piperidine rings is 1. The van der Waals surface area contributed by atoms with Gasteiger partial charge in [0.25, 0.3) is 0 Å². The maximum atomic E-state index is 12.5. The molecule has 1 aliphatic heterocycles. The van der Waals surface area contributed by atoms with Gasteiger partial charge in [0.1, 0.15) is 0 Å². The lowest BCUT2D eigenvalue weighted by molar-refractivity contribution is -0.137. The van der Waals surface area contributed by atoms with Gasteiger partial charge in [0.15, 0.2) is 0 Å². The maximum absolute atomic E-state index is 12.5. The Morgan fingerprint density at radius 3 is 2.82 bits per heavy atom. The van der Waals surface area contributed by atoms with Crippen molar-refractivity contribution < 1.29 is 18.3 Å². The molecule has 0 bridgehead atoms. The molecule has 1 N–H and O–H groups in total. The number of carboxylic acid groups (broad SMARTS) is 1. The smallest absolute Gasteiger partial charge is 0.303 e. The van der Waals surface area contributed by atoms with Crippen LogP contribution in [0.4, 0.5) is 0 Å². The topological polar surface area (TPSA) is 74.7 Å². The Balaban J connectivity index is 2.17. The van der Waals surface area contributed by atoms with Crippen LogP contribution in [-0.4, -0.2) is 36.1 Å². The lowest BCUT2D eigenvalue weighted by atomic mass is 9.98. The number of carboxylic acids is 1. The number of rotatable bonds is 6. The third-order valence-electron chi connectivity index (χ3n) is 3.84. The van der Waals surface area contributed by atoms with Gasteiger partial charge in [0, 0.05) is 24.0 Å². The van der Waals surface area contributed by atoms with Crippen molar-refractivity contribution in [3.8, 4) is 0 Å². The average Bonchev–Trinajstić information content (AvgIpc) is 2.46. The Hall–Kier alpha value is -1.11. The minimum Gasteiger partial charge on any atom is -0.481 e. The average molecular weight is 346 g/mol. The summed E-state index contributed by atoms with van der Waals surface area (Å²) < 4.78 is 26.6. The summed E-state index contributed by atoms with van der Waals surface area (Å²) in [4.78, 5) is 10.6. The molecule has 0 aliphatic carbocycles. The number of benzene rings is 1. The van der Waals surface area contributed by atoms with Crippen LogP contribution < -0.4 is 0 Å². The summed E-state index contributed by atoms with van der Waals surface area (Å²) in [6.07, 6.45) is 2.57. The van der Waals surface area contributed by atoms with Gasteiger partial charge < -0.3 is 5.11 Å². The van der Waals surface area contributed by atoms with Crippen molar-refractivity contribution in [1.82, 2.24) is 4.31 Å². The largest absolute Gasteiger partial charge is 0.481 e. The first-order chi connectivity index (χ1) is 10.4. The van der Waals surface area contributed by atoms with Crippen molar-refractivity contribution in [1.29, 1.82) is 0 Å². The molecule has 22 heavy (non-hydrogen) atoms. The summed E-state index contributed by atoms with van der Waals surface area (Å²) in [6.45, 7) is 0.479. The van der Waals surface area contributed by atoms with Gasteiger partial charge in [0.05, 0.1) is 5.75 Å². The Bertz CT molecular complexity index is 632. The number of aliphatic carboxylic acids is 1. The van der Waals surface area contributed by atoms with E-state index in [1.807, 2.05) is 12.1 Å². The van der Waals surface area contributed by atoms with E-state index < -0.39 is 16.0 Å². The van der Waals surface area contributed by atoms with Gasteiger partial charge in [0.2, 0.25) is 10.0 Å². The SMILES string of the molecule is O=C(O)CCCS(=O)(=O)N1CCCCC1c1cccc(Cl)c1. The third kappa shape index (κ3) is 4.44. The van der Waals surface area contributed by atoms with E-state index in [0.717, 1.165) is 24.8 Å². The second-order valence-corrected chi connectivity index (χ2v) is 7.97. The zero-order valence-electron chi connectivity index (χ0n) is 12.2. The molecule has 1 atom stereocenters. The molecule has 0 amide bonds. The molecule has 2 rings (SSSR count). The van der Waals surface area contributed by atoms with Crippen molar-refractivity contribution >= 4 is 27.6 Å². The highest BCUT2D eigenvalue weighted by molar-refractivity contribution is 7.89. The normalized spacial score (nSPS) is 20.0. The lowest BCUT2D eigenvalue weighted by Crippen LogP contribution is -2.39. The Morgan fingerprint density at radius 2 is 2.14 bits per heavy atom. The highest BCUT2D eigenvalue weighted by atomic mass is 35.5. The molecule has 122 valence electrons. The number of hydrogen-bond acceptors (Lipinski definition) is 3. The fraction of sp³-hybridized carbons (Fsp3) is 0.533. The highest BCUT2D eigenvalue weighted by Crippen LogP contribution is 2.34. The summed E-state index contributed by atoms with van der Waals surface area (Å²) in [5.74, 6) is -1.10. The summed E-state index contributed by atoms with van der Waals surface area (Å²) in [5, 5.41) is 9.25. The van der Waals surface area contributed by atoms with E-state index in [0.29, 0.717) is 11.6 Å². The second kappa shape index (κ2) is 7.44. The molecule has 1 aliphatic rings. The first-order valence-corrected chi connectivity index (χ1v) is 9.35. The molecule has 1 heterocycles. The predicted octanol–water partition coefficient (Wildman–Crippen LogP) is 3.06. The van der Waals surface area contributed by atoms with Gasteiger partial charge in [-0.15, -0.1) is 0 Å². The van der Waals surface area contributed by atoms with Gasteiger partial charge in [-0.1, -0.05) is 30.2 Å². The second-order valence-electron chi connectivity index (χ2n) is 5.49. The van der Waals surface area contributed by atoms with E-state index in [1.165, 1.54) is 4.31 Å². The first-order valence-electron chi connectivity index (χ1n) is 7.37. The van der Waals surface area contributed by atoms with Crippen LogP contribution in [0.15, 0.2) is 24.3 Å². The van der Waals surface area contributed by atoms with Crippen LogP contribution in [0.3, 0.4) is 0 Å². The molecule has 0 radical (unpaired) electrons. The Morgan fingerprint density at radius 1 is 1.36 bits per heavy atom. The minimum atomic E-state index is -3.46. The number of nitrogens with zero attached hydrogens (tertiary/aromatic N) is 1. The number of carbonyl (C=O) groups is 1. The summed E-state index contributed by atoms with van der Waals surface area (Å²) in [6, 6.07) is 7.07. The fourth-order valence-corrected chi connectivity index (χ4v) is 4.77. The monoisotopic (exact) mass is 345 g/mol. The van der Waals surface area contributed by atoms with E-state index in [2.05, 4.69) is 0 Å². The van der Waals surface area contributed by atoms with Gasteiger partial charge in [-0.2, -0.15) is 4.31 Å². The maximum Gasteiger partial charge on any atom is 0.303 e. The zero-order chi connectivity index (χ0) is 16.2. The van der Waals surface area contributed by atoms with Crippen LogP contribution >= 0.6 is 11.6 Å². The fourth-order valence-electron chi connectivity index (χ4n) is 2.81. The van der Waals surface area contributed by atoms with Crippen LogP contribution in [-0.2, 0) is 14.8 Å². The van der Waals surface area contributed by atoms with Gasteiger partial charge in [-0.3, -0.25) is 4.79 Å². The Kier molecular flexibility index (Phi) is 5.83. The van der Waals surface area contributed by atoms with E-state index in [9.17, 15) is 13.2 Å². The molecule has 1 aromatic carbocycles. The first kappa shape index (κ1) is 17.2. The third-order valence-corrected chi connectivity index (χ3v) is 6.03. The molecule has 1 unspecified atom stereocenters. The summed E-state index contributed by atoms with van der Waals surface area (Å²) in [5.41, 5.74) is 0.897.